The van der Waals surface area contributed by atoms with Crippen molar-refractivity contribution in [3.63, 3.8) is 0 Å². The van der Waals surface area contributed by atoms with Gasteiger partial charge in [0.05, 0.1) is 11.6 Å². The van der Waals surface area contributed by atoms with Crippen molar-refractivity contribution in [2.24, 2.45) is 5.92 Å². The van der Waals surface area contributed by atoms with Crippen molar-refractivity contribution in [3.05, 3.63) is 46.8 Å². The molecule has 28 heavy (non-hydrogen) atoms. The van der Waals surface area contributed by atoms with Crippen LogP contribution in [0.3, 0.4) is 0 Å². The Hall–Kier alpha value is -2.63. The maximum atomic E-state index is 13.0. The van der Waals surface area contributed by atoms with Crippen molar-refractivity contribution in [2.75, 3.05) is 24.5 Å². The van der Waals surface area contributed by atoms with Gasteiger partial charge in [0.2, 0.25) is 11.8 Å². The Balaban J connectivity index is 1.39. The van der Waals surface area contributed by atoms with Crippen LogP contribution < -0.4 is 4.90 Å². The zero-order valence-electron chi connectivity index (χ0n) is 16.9. The second-order valence-corrected chi connectivity index (χ2v) is 8.20. The number of amides is 2. The number of hydrogen-bond acceptors (Lipinski definition) is 3. The lowest BCUT2D eigenvalue weighted by molar-refractivity contribution is -0.136. The van der Waals surface area contributed by atoms with Crippen molar-refractivity contribution in [1.82, 2.24) is 15.1 Å². The number of benzene rings is 1. The minimum atomic E-state index is -0.239. The number of rotatable bonds is 3. The van der Waals surface area contributed by atoms with Crippen LogP contribution in [0.1, 0.15) is 47.7 Å². The average molecular weight is 380 g/mol. The van der Waals surface area contributed by atoms with Crippen molar-refractivity contribution in [1.29, 1.82) is 0 Å². The van der Waals surface area contributed by atoms with E-state index in [1.165, 1.54) is 0 Å². The van der Waals surface area contributed by atoms with Gasteiger partial charge >= 0.3 is 0 Å². The number of H-pyrrole nitrogens is 1. The molecule has 1 aromatic heterocycles. The number of carbonyl (C=O) groups excluding carboxylic acids is 2. The number of aryl methyl sites for hydroxylation is 2. The summed E-state index contributed by atoms with van der Waals surface area (Å²) in [5, 5.41) is 7.38. The van der Waals surface area contributed by atoms with Crippen LogP contribution in [0.15, 0.2) is 24.3 Å². The highest BCUT2D eigenvalue weighted by Crippen LogP contribution is 2.32. The van der Waals surface area contributed by atoms with Gasteiger partial charge in [-0.1, -0.05) is 12.1 Å². The molecule has 3 heterocycles. The fraction of sp³-hybridized carbons (Fsp3) is 0.500. The third kappa shape index (κ3) is 3.43. The quantitative estimate of drug-likeness (QED) is 0.890. The van der Waals surface area contributed by atoms with Crippen LogP contribution in [0.25, 0.3) is 0 Å². The molecule has 1 N–H and O–H groups in total. The highest BCUT2D eigenvalue weighted by molar-refractivity contribution is 6.01. The molecule has 6 nitrogen and oxygen atoms in total. The summed E-state index contributed by atoms with van der Waals surface area (Å²) < 4.78 is 0. The topological polar surface area (TPSA) is 69.3 Å². The number of aromatic amines is 1. The number of aromatic nitrogens is 2. The Morgan fingerprint density at radius 3 is 2.61 bits per heavy atom. The number of anilines is 1. The first kappa shape index (κ1) is 18.7. The SMILES string of the molecule is Cc1cc(C2CCN(C(=O)C3CC(=O)N(c4cccc(C)c4C)C3)CC2)n[nH]1. The predicted octanol–water partition coefficient (Wildman–Crippen LogP) is 3.09. The Labute approximate surface area is 165 Å². The molecule has 2 aliphatic heterocycles. The molecule has 0 saturated carbocycles. The van der Waals surface area contributed by atoms with Crippen molar-refractivity contribution < 1.29 is 9.59 Å². The number of nitrogens with one attached hydrogen (secondary N) is 1. The zero-order chi connectivity index (χ0) is 19.8. The molecule has 2 amide bonds. The lowest BCUT2D eigenvalue weighted by atomic mass is 9.92. The Kier molecular flexibility index (Phi) is 4.96. The number of likely N-dealkylation sites (tertiary alicyclic amines) is 1. The highest BCUT2D eigenvalue weighted by Gasteiger charge is 2.38. The lowest BCUT2D eigenvalue weighted by Gasteiger charge is -2.33. The molecule has 148 valence electrons. The van der Waals surface area contributed by atoms with Crippen LogP contribution in [-0.2, 0) is 9.59 Å². The van der Waals surface area contributed by atoms with Gasteiger partial charge in [-0.3, -0.25) is 14.7 Å². The van der Waals surface area contributed by atoms with E-state index in [1.807, 2.05) is 43.9 Å². The number of hydrogen-bond donors (Lipinski definition) is 1. The summed E-state index contributed by atoms with van der Waals surface area (Å²) >= 11 is 0. The van der Waals surface area contributed by atoms with E-state index in [4.69, 9.17) is 0 Å². The Morgan fingerprint density at radius 1 is 1.18 bits per heavy atom. The van der Waals surface area contributed by atoms with Crippen LogP contribution in [0.5, 0.6) is 0 Å². The molecule has 2 fully saturated rings. The number of piperidine rings is 1. The molecule has 2 saturated heterocycles. The molecule has 0 bridgehead atoms. The summed E-state index contributed by atoms with van der Waals surface area (Å²) in [6.07, 6.45) is 2.17. The average Bonchev–Trinajstić information content (AvgIpc) is 3.29. The summed E-state index contributed by atoms with van der Waals surface area (Å²) in [5.41, 5.74) is 5.38. The first-order chi connectivity index (χ1) is 13.4. The smallest absolute Gasteiger partial charge is 0.228 e. The minimum absolute atomic E-state index is 0.0499. The summed E-state index contributed by atoms with van der Waals surface area (Å²) in [6.45, 7) is 8.06. The van der Waals surface area contributed by atoms with Gasteiger partial charge in [0, 0.05) is 43.4 Å². The van der Waals surface area contributed by atoms with Gasteiger partial charge in [-0.25, -0.2) is 0 Å². The van der Waals surface area contributed by atoms with Crippen LogP contribution in [-0.4, -0.2) is 46.5 Å². The maximum absolute atomic E-state index is 13.0. The van der Waals surface area contributed by atoms with Crippen molar-refractivity contribution in [3.8, 4) is 0 Å². The van der Waals surface area contributed by atoms with Crippen LogP contribution >= 0.6 is 0 Å². The summed E-state index contributed by atoms with van der Waals surface area (Å²) in [4.78, 5) is 29.4. The van der Waals surface area contributed by atoms with E-state index in [1.54, 1.807) is 4.90 Å². The minimum Gasteiger partial charge on any atom is -0.342 e. The van der Waals surface area contributed by atoms with E-state index in [-0.39, 0.29) is 17.7 Å². The molecule has 0 radical (unpaired) electrons. The Bertz CT molecular complexity index is 896. The van der Waals surface area contributed by atoms with Gasteiger partial charge in [-0.15, -0.1) is 0 Å². The molecule has 1 unspecified atom stereocenters. The molecular formula is C22H28N4O2. The van der Waals surface area contributed by atoms with E-state index < -0.39 is 0 Å². The molecule has 0 spiro atoms. The van der Waals surface area contributed by atoms with E-state index in [0.29, 0.717) is 18.9 Å². The third-order valence-corrected chi connectivity index (χ3v) is 6.29. The van der Waals surface area contributed by atoms with Crippen LogP contribution in [0.2, 0.25) is 0 Å². The monoisotopic (exact) mass is 380 g/mol. The first-order valence-electron chi connectivity index (χ1n) is 10.1. The van der Waals surface area contributed by atoms with E-state index in [0.717, 1.165) is 54.1 Å². The van der Waals surface area contributed by atoms with Gasteiger partial charge in [0.15, 0.2) is 0 Å². The molecule has 1 aromatic carbocycles. The van der Waals surface area contributed by atoms with Crippen molar-refractivity contribution in [2.45, 2.75) is 46.0 Å². The van der Waals surface area contributed by atoms with E-state index >= 15 is 0 Å². The zero-order valence-corrected chi connectivity index (χ0v) is 16.9. The normalized spacial score (nSPS) is 20.8. The number of nitrogens with zero attached hydrogens (tertiary/aromatic N) is 3. The van der Waals surface area contributed by atoms with Gasteiger partial charge < -0.3 is 9.80 Å². The summed E-state index contributed by atoms with van der Waals surface area (Å²) in [5.74, 6) is 0.342. The molecule has 2 aromatic rings. The van der Waals surface area contributed by atoms with Gasteiger partial charge in [0.25, 0.3) is 0 Å². The molecule has 2 aliphatic rings. The van der Waals surface area contributed by atoms with E-state index in [2.05, 4.69) is 16.3 Å². The first-order valence-corrected chi connectivity index (χ1v) is 10.1. The number of carbonyl (C=O) groups is 2. The molecule has 6 heteroatoms. The standard InChI is InChI=1S/C22H28N4O2/c1-14-5-4-6-20(16(14)3)26-13-18(12-21(26)27)22(28)25-9-7-17(8-10-25)19-11-15(2)23-24-19/h4-6,11,17-18H,7-10,12-13H2,1-3H3,(H,23,24). The molecule has 1 atom stereocenters. The second kappa shape index (κ2) is 7.41. The van der Waals surface area contributed by atoms with Gasteiger partial charge in [-0.05, 0) is 56.9 Å². The largest absolute Gasteiger partial charge is 0.342 e. The third-order valence-electron chi connectivity index (χ3n) is 6.29. The Morgan fingerprint density at radius 2 is 1.93 bits per heavy atom. The summed E-state index contributed by atoms with van der Waals surface area (Å²) in [6, 6.07) is 8.10. The molecular weight excluding hydrogens is 352 g/mol. The van der Waals surface area contributed by atoms with Crippen molar-refractivity contribution >= 4 is 17.5 Å². The summed E-state index contributed by atoms with van der Waals surface area (Å²) in [7, 11) is 0. The second-order valence-electron chi connectivity index (χ2n) is 8.20. The predicted molar refractivity (Wildman–Crippen MR) is 108 cm³/mol. The fourth-order valence-corrected chi connectivity index (χ4v) is 4.44. The molecule has 4 rings (SSSR count). The van der Waals surface area contributed by atoms with Gasteiger partial charge in [-0.2, -0.15) is 5.10 Å². The highest BCUT2D eigenvalue weighted by atomic mass is 16.2. The van der Waals surface area contributed by atoms with Crippen LogP contribution in [0.4, 0.5) is 5.69 Å². The van der Waals surface area contributed by atoms with E-state index in [9.17, 15) is 9.59 Å². The lowest BCUT2D eigenvalue weighted by Crippen LogP contribution is -2.42. The van der Waals surface area contributed by atoms with Crippen LogP contribution in [0, 0.1) is 26.7 Å². The maximum Gasteiger partial charge on any atom is 0.228 e. The fourth-order valence-electron chi connectivity index (χ4n) is 4.44. The van der Waals surface area contributed by atoms with Gasteiger partial charge in [0.1, 0.15) is 0 Å². The molecule has 0 aliphatic carbocycles.